The van der Waals surface area contributed by atoms with Gasteiger partial charge in [0, 0.05) is 10.8 Å². The van der Waals surface area contributed by atoms with Gasteiger partial charge in [-0.15, -0.1) is 5.53 Å². The normalized spacial score (nSPS) is 9.35. The second kappa shape index (κ2) is 5.79. The molecule has 0 aliphatic rings. The second-order valence-electron chi connectivity index (χ2n) is 3.84. The summed E-state index contributed by atoms with van der Waals surface area (Å²) in [4.78, 5) is 0. The Labute approximate surface area is 101 Å². The first-order valence-corrected chi connectivity index (χ1v) is 5.25. The van der Waals surface area contributed by atoms with Gasteiger partial charge in [0.2, 0.25) is 0 Å². The standard InChI is InChI=1S/C7H9N.C5H9N4/c1-6-2-4-7(8)5-3-6;1-8-3-4-9(2)5(8)7-6/h2-5H,8H2,1H3;3-4,6H,1-2H3/q;+1. The summed E-state index contributed by atoms with van der Waals surface area (Å²) < 4.78 is 3.57. The molecular formula is C12H18N5+. The Morgan fingerprint density at radius 1 is 1.29 bits per heavy atom. The van der Waals surface area contributed by atoms with E-state index in [0.29, 0.717) is 5.95 Å². The van der Waals surface area contributed by atoms with Crippen LogP contribution < -0.4 is 10.3 Å². The smallest absolute Gasteiger partial charge is 0.399 e. The zero-order valence-corrected chi connectivity index (χ0v) is 10.4. The van der Waals surface area contributed by atoms with Gasteiger partial charge < -0.3 is 5.73 Å². The van der Waals surface area contributed by atoms with Crippen molar-refractivity contribution in [3.8, 4) is 0 Å². The van der Waals surface area contributed by atoms with Gasteiger partial charge in [0.15, 0.2) is 0 Å². The Morgan fingerprint density at radius 3 is 2.18 bits per heavy atom. The highest BCUT2D eigenvalue weighted by Crippen LogP contribution is 2.02. The van der Waals surface area contributed by atoms with Crippen LogP contribution in [0.3, 0.4) is 0 Å². The van der Waals surface area contributed by atoms with Crippen molar-refractivity contribution in [1.82, 2.24) is 4.57 Å². The fraction of sp³-hybridized carbons (Fsp3) is 0.250. The molecular weight excluding hydrogens is 214 g/mol. The summed E-state index contributed by atoms with van der Waals surface area (Å²) in [5.41, 5.74) is 14.2. The van der Waals surface area contributed by atoms with Crippen LogP contribution in [0.25, 0.3) is 0 Å². The SMILES string of the molecule is Cc1ccc(N)cc1.Cn1cc[n+](C)c1N=N. The number of benzene rings is 1. The number of hydrogen-bond donors (Lipinski definition) is 2. The van der Waals surface area contributed by atoms with E-state index in [1.807, 2.05) is 57.7 Å². The van der Waals surface area contributed by atoms with Gasteiger partial charge in [-0.05, 0) is 19.1 Å². The van der Waals surface area contributed by atoms with Gasteiger partial charge >= 0.3 is 5.95 Å². The molecule has 0 amide bonds. The predicted octanol–water partition coefficient (Wildman–Crippen LogP) is 2.09. The molecule has 0 saturated heterocycles. The van der Waals surface area contributed by atoms with Crippen LogP contribution in [0.4, 0.5) is 11.6 Å². The van der Waals surface area contributed by atoms with E-state index in [1.54, 1.807) is 9.13 Å². The molecule has 0 aliphatic heterocycles. The number of aryl methyl sites for hydroxylation is 3. The van der Waals surface area contributed by atoms with Gasteiger partial charge in [0.05, 0.1) is 26.5 Å². The number of imidazole rings is 1. The fourth-order valence-electron chi connectivity index (χ4n) is 1.31. The molecule has 2 aromatic rings. The first kappa shape index (κ1) is 12.9. The minimum Gasteiger partial charge on any atom is -0.399 e. The van der Waals surface area contributed by atoms with Crippen LogP contribution in [0.2, 0.25) is 0 Å². The second-order valence-corrected chi connectivity index (χ2v) is 3.84. The summed E-state index contributed by atoms with van der Waals surface area (Å²) in [6.07, 6.45) is 3.71. The van der Waals surface area contributed by atoms with Gasteiger partial charge in [0.1, 0.15) is 0 Å². The van der Waals surface area contributed by atoms with E-state index in [2.05, 4.69) is 5.11 Å². The number of nitrogen functional groups attached to an aromatic ring is 1. The molecule has 0 saturated carbocycles. The summed E-state index contributed by atoms with van der Waals surface area (Å²) >= 11 is 0. The maximum Gasteiger partial charge on any atom is 0.420 e. The lowest BCUT2D eigenvalue weighted by molar-refractivity contribution is -0.657. The van der Waals surface area contributed by atoms with Crippen molar-refractivity contribution in [3.05, 3.63) is 42.2 Å². The van der Waals surface area contributed by atoms with Crippen molar-refractivity contribution in [2.24, 2.45) is 19.2 Å². The lowest BCUT2D eigenvalue weighted by Gasteiger charge is -1.90. The maximum atomic E-state index is 6.73. The average molecular weight is 232 g/mol. The molecule has 0 aliphatic carbocycles. The van der Waals surface area contributed by atoms with Gasteiger partial charge in [0.25, 0.3) is 0 Å². The van der Waals surface area contributed by atoms with Gasteiger partial charge in [-0.1, -0.05) is 17.7 Å². The third-order valence-electron chi connectivity index (χ3n) is 2.32. The third-order valence-corrected chi connectivity index (χ3v) is 2.32. The molecule has 0 fully saturated rings. The maximum absolute atomic E-state index is 6.73. The predicted molar refractivity (Wildman–Crippen MR) is 67.0 cm³/mol. The largest absolute Gasteiger partial charge is 0.420 e. The van der Waals surface area contributed by atoms with E-state index in [0.717, 1.165) is 5.69 Å². The summed E-state index contributed by atoms with van der Waals surface area (Å²) in [6, 6.07) is 7.79. The van der Waals surface area contributed by atoms with E-state index in [4.69, 9.17) is 11.3 Å². The molecule has 0 bridgehead atoms. The molecule has 2 rings (SSSR count). The number of hydrogen-bond acceptors (Lipinski definition) is 3. The molecule has 1 aromatic heterocycles. The molecule has 5 heteroatoms. The van der Waals surface area contributed by atoms with Crippen LogP contribution >= 0.6 is 0 Å². The number of nitrogens with one attached hydrogen (secondary N) is 1. The van der Waals surface area contributed by atoms with Crippen LogP contribution in [-0.4, -0.2) is 4.57 Å². The topological polar surface area (TPSA) is 71.0 Å². The Kier molecular flexibility index (Phi) is 4.39. The first-order chi connectivity index (χ1) is 8.04. The van der Waals surface area contributed by atoms with E-state index >= 15 is 0 Å². The number of anilines is 1. The monoisotopic (exact) mass is 232 g/mol. The minimum atomic E-state index is 0.648. The van der Waals surface area contributed by atoms with Gasteiger partial charge in [-0.25, -0.2) is 9.13 Å². The molecule has 3 N–H and O–H groups in total. The van der Waals surface area contributed by atoms with Crippen molar-refractivity contribution in [2.45, 2.75) is 6.92 Å². The highest BCUT2D eigenvalue weighted by atomic mass is 15.3. The van der Waals surface area contributed by atoms with Crippen LogP contribution in [-0.2, 0) is 14.1 Å². The van der Waals surface area contributed by atoms with Crippen molar-refractivity contribution in [3.63, 3.8) is 0 Å². The van der Waals surface area contributed by atoms with Gasteiger partial charge in [-0.2, -0.15) is 0 Å². The van der Waals surface area contributed by atoms with Crippen LogP contribution in [0, 0.1) is 12.5 Å². The Hall–Kier alpha value is -2.17. The van der Waals surface area contributed by atoms with Crippen molar-refractivity contribution in [1.29, 1.82) is 5.53 Å². The molecule has 0 atom stereocenters. The fourth-order valence-corrected chi connectivity index (χ4v) is 1.31. The van der Waals surface area contributed by atoms with Crippen LogP contribution in [0.5, 0.6) is 0 Å². The molecule has 1 aromatic carbocycles. The zero-order valence-electron chi connectivity index (χ0n) is 10.4. The highest BCUT2D eigenvalue weighted by molar-refractivity contribution is 5.38. The summed E-state index contributed by atoms with van der Waals surface area (Å²) in [6.45, 7) is 2.04. The first-order valence-electron chi connectivity index (χ1n) is 5.25. The van der Waals surface area contributed by atoms with E-state index in [-0.39, 0.29) is 0 Å². The number of nitrogens with zero attached hydrogens (tertiary/aromatic N) is 3. The van der Waals surface area contributed by atoms with E-state index in [9.17, 15) is 0 Å². The van der Waals surface area contributed by atoms with Crippen molar-refractivity contribution < 1.29 is 4.57 Å². The Bertz CT molecular complexity index is 444. The molecule has 0 unspecified atom stereocenters. The van der Waals surface area contributed by atoms with Crippen molar-refractivity contribution in [2.75, 3.05) is 5.73 Å². The number of nitrogens with two attached hydrogens (primary N) is 1. The summed E-state index contributed by atoms with van der Waals surface area (Å²) in [7, 11) is 3.71. The highest BCUT2D eigenvalue weighted by Gasteiger charge is 2.07. The summed E-state index contributed by atoms with van der Waals surface area (Å²) in [5.74, 6) is 0.648. The quantitative estimate of drug-likeness (QED) is 0.441. The van der Waals surface area contributed by atoms with E-state index in [1.165, 1.54) is 5.56 Å². The number of rotatable bonds is 1. The van der Waals surface area contributed by atoms with Crippen LogP contribution in [0.15, 0.2) is 41.8 Å². The molecule has 90 valence electrons. The Balaban J connectivity index is 0.000000171. The lowest BCUT2D eigenvalue weighted by atomic mass is 10.2. The molecule has 17 heavy (non-hydrogen) atoms. The number of aromatic nitrogens is 2. The zero-order chi connectivity index (χ0) is 12.8. The van der Waals surface area contributed by atoms with Gasteiger partial charge in [-0.3, -0.25) is 0 Å². The average Bonchev–Trinajstić information content (AvgIpc) is 2.63. The summed E-state index contributed by atoms with van der Waals surface area (Å²) in [5, 5.41) is 3.31. The lowest BCUT2D eigenvalue weighted by Crippen LogP contribution is -2.25. The Morgan fingerprint density at radius 2 is 1.88 bits per heavy atom. The van der Waals surface area contributed by atoms with E-state index < -0.39 is 0 Å². The molecule has 5 nitrogen and oxygen atoms in total. The third kappa shape index (κ3) is 3.71. The molecule has 0 radical (unpaired) electrons. The molecule has 1 heterocycles. The van der Waals surface area contributed by atoms with Crippen molar-refractivity contribution >= 4 is 11.6 Å². The molecule has 0 spiro atoms. The van der Waals surface area contributed by atoms with Crippen LogP contribution in [0.1, 0.15) is 5.56 Å². The minimum absolute atomic E-state index is 0.648.